The van der Waals surface area contributed by atoms with E-state index in [0.717, 1.165) is 0 Å². The maximum atomic E-state index is 11.6. The van der Waals surface area contributed by atoms with Gasteiger partial charge in [0.25, 0.3) is 0 Å². The summed E-state index contributed by atoms with van der Waals surface area (Å²) in [5.41, 5.74) is -1.41. The minimum absolute atomic E-state index is 0. The van der Waals surface area contributed by atoms with Crippen LogP contribution in [0.3, 0.4) is 0 Å². The molecular weight excluding hydrogens is 287 g/mol. The van der Waals surface area contributed by atoms with Crippen LogP contribution in [0.4, 0.5) is 10.6 Å². The van der Waals surface area contributed by atoms with E-state index in [2.05, 4.69) is 10.5 Å². The Kier molecular flexibility index (Phi) is 6.37. The third-order valence-corrected chi connectivity index (χ3v) is 2.29. The minimum Gasteiger partial charge on any atom is -0.844 e. The molecule has 0 radical (unpaired) electrons. The molecule has 0 saturated heterocycles. The molecular formula is C13H13KN2O4. The van der Waals surface area contributed by atoms with Gasteiger partial charge in [-0.3, -0.25) is 5.32 Å². The van der Waals surface area contributed by atoms with Crippen molar-refractivity contribution in [3.05, 3.63) is 42.2 Å². The number of rotatable bonds is 3. The topological polar surface area (TPSA) is 87.4 Å². The molecule has 20 heavy (non-hydrogen) atoms. The Balaban J connectivity index is 0.00000200. The number of nitrogens with zero attached hydrogens (tertiary/aromatic N) is 1. The van der Waals surface area contributed by atoms with Crippen molar-refractivity contribution in [1.82, 2.24) is 5.16 Å². The van der Waals surface area contributed by atoms with Crippen molar-refractivity contribution in [2.24, 2.45) is 0 Å². The van der Waals surface area contributed by atoms with E-state index >= 15 is 0 Å². The van der Waals surface area contributed by atoms with Crippen molar-refractivity contribution in [3.63, 3.8) is 0 Å². The molecule has 1 amide bonds. The third-order valence-electron chi connectivity index (χ3n) is 2.29. The Morgan fingerprint density at radius 1 is 1.35 bits per heavy atom. The van der Waals surface area contributed by atoms with Crippen molar-refractivity contribution in [3.8, 4) is 5.75 Å². The summed E-state index contributed by atoms with van der Waals surface area (Å²) < 4.78 is 9.85. The number of hydrogen-bond acceptors (Lipinski definition) is 5. The van der Waals surface area contributed by atoms with E-state index in [0.29, 0.717) is 5.75 Å². The second-order valence-electron chi connectivity index (χ2n) is 4.41. The van der Waals surface area contributed by atoms with Crippen LogP contribution in [0.2, 0.25) is 0 Å². The Labute approximate surface area is 158 Å². The first-order valence-corrected chi connectivity index (χ1v) is 5.66. The smallest absolute Gasteiger partial charge is 0.844 e. The van der Waals surface area contributed by atoms with E-state index in [1.165, 1.54) is 19.9 Å². The quantitative estimate of drug-likeness (QED) is 0.726. The summed E-state index contributed by atoms with van der Waals surface area (Å²) in [6.45, 7) is 2.89. The summed E-state index contributed by atoms with van der Waals surface area (Å²) in [5, 5.41) is 17.6. The first kappa shape index (κ1) is 17.3. The number of carbonyl (C=O) groups is 1. The molecule has 0 spiro atoms. The monoisotopic (exact) mass is 300 g/mol. The molecule has 1 aromatic carbocycles. The Bertz CT molecular complexity index is 563. The molecule has 6 nitrogen and oxygen atoms in total. The zero-order valence-corrected chi connectivity index (χ0v) is 14.7. The summed E-state index contributed by atoms with van der Waals surface area (Å²) in [4.78, 5) is 11.5. The van der Waals surface area contributed by atoms with Gasteiger partial charge in [0.1, 0.15) is 11.5 Å². The summed E-state index contributed by atoms with van der Waals surface area (Å²) in [6, 6.07) is 9.97. The van der Waals surface area contributed by atoms with Crippen LogP contribution < -0.4 is 66.5 Å². The van der Waals surface area contributed by atoms with Crippen molar-refractivity contribution >= 4 is 11.9 Å². The molecule has 0 fully saturated rings. The molecule has 0 aliphatic heterocycles. The largest absolute Gasteiger partial charge is 1.00 e. The molecule has 1 N–H and O–H groups in total. The van der Waals surface area contributed by atoms with Crippen molar-refractivity contribution < 1.29 is 70.5 Å². The van der Waals surface area contributed by atoms with E-state index in [1.54, 1.807) is 24.3 Å². The van der Waals surface area contributed by atoms with Gasteiger partial charge in [-0.2, -0.15) is 0 Å². The molecule has 0 aliphatic carbocycles. The van der Waals surface area contributed by atoms with Crippen LogP contribution in [0.5, 0.6) is 5.75 Å². The molecule has 100 valence electrons. The summed E-state index contributed by atoms with van der Waals surface area (Å²) in [7, 11) is 0. The standard InChI is InChI=1S/C13H13N2O4.K/c1-13(2,17)10-8-11(15-19-10)14-12(16)18-9-6-4-3-5-7-9;/h3-8H,1-2H3,(H,14,15,16);/q-1;+1. The normalized spacial score (nSPS) is 10.6. The number of nitrogens with one attached hydrogen (secondary N) is 1. The second-order valence-corrected chi connectivity index (χ2v) is 4.41. The number of benzene rings is 1. The first-order chi connectivity index (χ1) is 8.95. The maximum Gasteiger partial charge on any atom is 1.00 e. The Morgan fingerprint density at radius 2 is 2.00 bits per heavy atom. The first-order valence-electron chi connectivity index (χ1n) is 5.66. The molecule has 0 unspecified atom stereocenters. The van der Waals surface area contributed by atoms with E-state index < -0.39 is 11.7 Å². The van der Waals surface area contributed by atoms with E-state index in [9.17, 15) is 9.90 Å². The van der Waals surface area contributed by atoms with Gasteiger partial charge in [-0.1, -0.05) is 42.8 Å². The van der Waals surface area contributed by atoms with Crippen molar-refractivity contribution in [2.75, 3.05) is 5.32 Å². The second kappa shape index (κ2) is 7.35. The molecule has 0 bridgehead atoms. The molecule has 7 heteroatoms. The number of amides is 1. The summed E-state index contributed by atoms with van der Waals surface area (Å²) >= 11 is 0. The fourth-order valence-electron chi connectivity index (χ4n) is 1.34. The van der Waals surface area contributed by atoms with Gasteiger partial charge >= 0.3 is 57.5 Å². The predicted molar refractivity (Wildman–Crippen MR) is 65.6 cm³/mol. The van der Waals surface area contributed by atoms with Crippen LogP contribution in [0.25, 0.3) is 0 Å². The number of carbonyl (C=O) groups excluding carboxylic acids is 1. The van der Waals surface area contributed by atoms with Gasteiger partial charge in [0.05, 0.1) is 0 Å². The number of ether oxygens (including phenoxy) is 1. The molecule has 2 aromatic rings. The van der Waals surface area contributed by atoms with E-state index in [-0.39, 0.29) is 63.0 Å². The fourth-order valence-corrected chi connectivity index (χ4v) is 1.34. The van der Waals surface area contributed by atoms with Gasteiger partial charge in [0.15, 0.2) is 5.82 Å². The summed E-state index contributed by atoms with van der Waals surface area (Å²) in [5.74, 6) is 0.690. The van der Waals surface area contributed by atoms with Crippen LogP contribution >= 0.6 is 0 Å². The fraction of sp³-hybridized carbons (Fsp3) is 0.231. The van der Waals surface area contributed by atoms with Crippen LogP contribution in [0.15, 0.2) is 40.9 Å². The molecule has 0 saturated carbocycles. The molecule has 1 aromatic heterocycles. The molecule has 0 atom stereocenters. The van der Waals surface area contributed by atoms with Gasteiger partial charge in [-0.05, 0) is 12.1 Å². The van der Waals surface area contributed by atoms with E-state index in [4.69, 9.17) is 9.26 Å². The van der Waals surface area contributed by atoms with Crippen molar-refractivity contribution in [1.29, 1.82) is 0 Å². The predicted octanol–water partition coefficient (Wildman–Crippen LogP) is -1.12. The van der Waals surface area contributed by atoms with Gasteiger partial charge < -0.3 is 14.4 Å². The van der Waals surface area contributed by atoms with Gasteiger partial charge in [0, 0.05) is 6.07 Å². The molecule has 1 heterocycles. The van der Waals surface area contributed by atoms with Crippen LogP contribution in [-0.2, 0) is 5.60 Å². The Hall–Kier alpha value is -0.704. The number of aromatic nitrogens is 1. The zero-order chi connectivity index (χ0) is 13.9. The van der Waals surface area contributed by atoms with Crippen LogP contribution in [0.1, 0.15) is 19.6 Å². The maximum absolute atomic E-state index is 11.6. The number of hydrogen-bond donors (Lipinski definition) is 1. The minimum atomic E-state index is -1.41. The van der Waals surface area contributed by atoms with Crippen LogP contribution in [0, 0.1) is 0 Å². The van der Waals surface area contributed by atoms with Crippen molar-refractivity contribution in [2.45, 2.75) is 19.4 Å². The average molecular weight is 300 g/mol. The van der Waals surface area contributed by atoms with Crippen LogP contribution in [-0.4, -0.2) is 11.2 Å². The zero-order valence-electron chi connectivity index (χ0n) is 11.5. The number of anilines is 1. The molecule has 2 rings (SSSR count). The summed E-state index contributed by atoms with van der Waals surface area (Å²) in [6.07, 6.45) is -0.699. The average Bonchev–Trinajstić information content (AvgIpc) is 2.78. The van der Waals surface area contributed by atoms with E-state index in [1.807, 2.05) is 6.07 Å². The van der Waals surface area contributed by atoms with Gasteiger partial charge in [-0.15, -0.1) is 0 Å². The Morgan fingerprint density at radius 3 is 2.55 bits per heavy atom. The van der Waals surface area contributed by atoms with Gasteiger partial charge in [0.2, 0.25) is 0 Å². The number of para-hydroxylation sites is 1. The third kappa shape index (κ3) is 5.00. The van der Waals surface area contributed by atoms with Gasteiger partial charge in [-0.25, -0.2) is 4.79 Å². The molecule has 0 aliphatic rings. The SMILES string of the molecule is CC(C)([O-])c1cc(NC(=O)Oc2ccccc2)no1.[K+].